The summed E-state index contributed by atoms with van der Waals surface area (Å²) in [6.07, 6.45) is 3.70. The molecule has 74 valence electrons. The highest BCUT2D eigenvalue weighted by Gasteiger charge is 1.94. The summed E-state index contributed by atoms with van der Waals surface area (Å²) in [4.78, 5) is 8.56. The van der Waals surface area contributed by atoms with Crippen molar-refractivity contribution in [1.29, 1.82) is 0 Å². The number of hydrogen-bond acceptors (Lipinski definition) is 1. The Kier molecular flexibility index (Phi) is 11.8. The Bertz CT molecular complexity index is 97.9. The zero-order chi connectivity index (χ0) is 9.98. The fraction of sp³-hybridized carbons (Fsp3) is 0.889. The Hall–Kier alpha value is -0.730. The van der Waals surface area contributed by atoms with Gasteiger partial charge < -0.3 is 10.2 Å². The van der Waals surface area contributed by atoms with Crippen molar-refractivity contribution in [2.45, 2.75) is 46.5 Å². The summed E-state index contributed by atoms with van der Waals surface area (Å²) in [7, 11) is 0. The van der Waals surface area contributed by atoms with Crippen LogP contribution in [-0.2, 0) is 0 Å². The second kappa shape index (κ2) is 10.3. The number of hydrogen-bond donors (Lipinski definition) is 2. The molecule has 1 atom stereocenters. The van der Waals surface area contributed by atoms with Gasteiger partial charge in [-0.15, -0.1) is 0 Å². The first kappa shape index (κ1) is 13.8. The molecule has 0 rings (SSSR count). The third kappa shape index (κ3) is 22.8. The molecule has 0 amide bonds. The molecule has 0 aromatic carbocycles. The summed E-state index contributed by atoms with van der Waals surface area (Å²) in [5.41, 5.74) is 0. The van der Waals surface area contributed by atoms with Gasteiger partial charge in [-0.2, -0.15) is 0 Å². The molecule has 3 heteroatoms. The Labute approximate surface area is 74.4 Å². The van der Waals surface area contributed by atoms with E-state index >= 15 is 0 Å². The maximum absolute atomic E-state index is 8.56. The lowest BCUT2D eigenvalue weighted by Crippen LogP contribution is -1.89. The Morgan fingerprint density at radius 3 is 2.00 bits per heavy atom. The highest BCUT2D eigenvalue weighted by molar-refractivity contribution is 5.53. The zero-order valence-electron chi connectivity index (χ0n) is 8.21. The topological polar surface area (TPSA) is 57.5 Å². The molecule has 0 aliphatic heterocycles. The van der Waals surface area contributed by atoms with Crippen LogP contribution in [0.5, 0.6) is 0 Å². The van der Waals surface area contributed by atoms with Crippen molar-refractivity contribution < 1.29 is 15.0 Å². The first-order valence-electron chi connectivity index (χ1n) is 4.46. The van der Waals surface area contributed by atoms with Crippen molar-refractivity contribution in [3.05, 3.63) is 0 Å². The minimum Gasteiger partial charge on any atom is -0.450 e. The van der Waals surface area contributed by atoms with Gasteiger partial charge in [0, 0.05) is 0 Å². The van der Waals surface area contributed by atoms with Gasteiger partial charge in [-0.05, 0) is 5.92 Å². The first-order valence-corrected chi connectivity index (χ1v) is 4.46. The van der Waals surface area contributed by atoms with Crippen LogP contribution in [0.1, 0.15) is 46.5 Å². The molecule has 0 radical (unpaired) electrons. The van der Waals surface area contributed by atoms with Crippen LogP contribution < -0.4 is 0 Å². The molecule has 0 aliphatic rings. The average Bonchev–Trinajstić information content (AvgIpc) is 1.99. The molecule has 0 bridgehead atoms. The van der Waals surface area contributed by atoms with Crippen LogP contribution >= 0.6 is 0 Å². The van der Waals surface area contributed by atoms with Crippen LogP contribution in [0, 0.1) is 5.92 Å². The molecule has 1 unspecified atom stereocenters. The SMILES string of the molecule is CCCCC(C)CC.O=C(O)O. The summed E-state index contributed by atoms with van der Waals surface area (Å²) in [5.74, 6) is 0.954. The maximum Gasteiger partial charge on any atom is 0.503 e. The van der Waals surface area contributed by atoms with Crippen molar-refractivity contribution in [2.75, 3.05) is 0 Å². The van der Waals surface area contributed by atoms with Crippen molar-refractivity contribution in [3.8, 4) is 0 Å². The van der Waals surface area contributed by atoms with E-state index in [2.05, 4.69) is 20.8 Å². The van der Waals surface area contributed by atoms with E-state index < -0.39 is 6.16 Å². The Morgan fingerprint density at radius 1 is 1.33 bits per heavy atom. The number of carboxylic acid groups (broad SMARTS) is 2. The first-order chi connectivity index (χ1) is 5.54. The van der Waals surface area contributed by atoms with Gasteiger partial charge in [-0.1, -0.05) is 46.5 Å². The predicted octanol–water partition coefficient (Wildman–Crippen LogP) is 3.45. The second-order valence-electron chi connectivity index (χ2n) is 2.94. The summed E-state index contributed by atoms with van der Waals surface area (Å²) in [6.45, 7) is 6.85. The predicted molar refractivity (Wildman–Crippen MR) is 49.6 cm³/mol. The normalized spacial score (nSPS) is 11.2. The molecule has 3 nitrogen and oxygen atoms in total. The van der Waals surface area contributed by atoms with Gasteiger partial charge >= 0.3 is 6.16 Å². The van der Waals surface area contributed by atoms with E-state index in [0.29, 0.717) is 0 Å². The summed E-state index contributed by atoms with van der Waals surface area (Å²) in [6, 6.07) is 0. The van der Waals surface area contributed by atoms with E-state index in [1.54, 1.807) is 0 Å². The van der Waals surface area contributed by atoms with E-state index in [1.165, 1.54) is 25.7 Å². The minimum absolute atomic E-state index is 0.954. The largest absolute Gasteiger partial charge is 0.503 e. The quantitative estimate of drug-likeness (QED) is 0.689. The minimum atomic E-state index is -1.83. The van der Waals surface area contributed by atoms with Gasteiger partial charge in [-0.3, -0.25) is 0 Å². The molecule has 0 aliphatic carbocycles. The van der Waals surface area contributed by atoms with Gasteiger partial charge in [-0.25, -0.2) is 4.79 Å². The fourth-order valence-corrected chi connectivity index (χ4v) is 0.757. The highest BCUT2D eigenvalue weighted by Crippen LogP contribution is 2.09. The molecule has 0 saturated carbocycles. The summed E-state index contributed by atoms with van der Waals surface area (Å²) >= 11 is 0. The van der Waals surface area contributed by atoms with Crippen LogP contribution in [0.4, 0.5) is 4.79 Å². The highest BCUT2D eigenvalue weighted by atomic mass is 16.6. The molecule has 12 heavy (non-hydrogen) atoms. The van der Waals surface area contributed by atoms with Crippen LogP contribution in [0.25, 0.3) is 0 Å². The lowest BCUT2D eigenvalue weighted by molar-refractivity contribution is 0.137. The van der Waals surface area contributed by atoms with Crippen molar-refractivity contribution >= 4 is 6.16 Å². The zero-order valence-corrected chi connectivity index (χ0v) is 8.21. The fourth-order valence-electron chi connectivity index (χ4n) is 0.757. The molecule has 0 saturated heterocycles. The molecule has 0 aromatic heterocycles. The third-order valence-corrected chi connectivity index (χ3v) is 1.75. The molecule has 0 fully saturated rings. The third-order valence-electron chi connectivity index (χ3n) is 1.75. The van der Waals surface area contributed by atoms with E-state index in [0.717, 1.165) is 5.92 Å². The van der Waals surface area contributed by atoms with E-state index in [4.69, 9.17) is 15.0 Å². The Balaban J connectivity index is 0. The molecule has 0 spiro atoms. The molecular formula is C9H20O3. The molecule has 0 aromatic rings. The smallest absolute Gasteiger partial charge is 0.450 e. The lowest BCUT2D eigenvalue weighted by atomic mass is 10.0. The summed E-state index contributed by atoms with van der Waals surface area (Å²) in [5, 5.41) is 13.9. The van der Waals surface area contributed by atoms with Crippen LogP contribution in [-0.4, -0.2) is 16.4 Å². The van der Waals surface area contributed by atoms with Crippen LogP contribution in [0.3, 0.4) is 0 Å². The standard InChI is InChI=1S/C8H18.CH2O3/c1-4-6-7-8(3)5-2;2-1(3)4/h8H,4-7H2,1-3H3;(H2,2,3,4). The maximum atomic E-state index is 8.56. The van der Waals surface area contributed by atoms with Crippen molar-refractivity contribution in [3.63, 3.8) is 0 Å². The van der Waals surface area contributed by atoms with Gasteiger partial charge in [0.25, 0.3) is 0 Å². The van der Waals surface area contributed by atoms with E-state index in [-0.39, 0.29) is 0 Å². The monoisotopic (exact) mass is 176 g/mol. The average molecular weight is 176 g/mol. The van der Waals surface area contributed by atoms with Gasteiger partial charge in [0.1, 0.15) is 0 Å². The van der Waals surface area contributed by atoms with Gasteiger partial charge in [0.2, 0.25) is 0 Å². The number of carbonyl (C=O) groups is 1. The van der Waals surface area contributed by atoms with Gasteiger partial charge in [0.05, 0.1) is 0 Å². The van der Waals surface area contributed by atoms with Crippen LogP contribution in [0.15, 0.2) is 0 Å². The molecule has 2 N–H and O–H groups in total. The summed E-state index contributed by atoms with van der Waals surface area (Å²) < 4.78 is 0. The van der Waals surface area contributed by atoms with Crippen molar-refractivity contribution in [2.24, 2.45) is 5.92 Å². The lowest BCUT2D eigenvalue weighted by Gasteiger charge is -2.04. The molecule has 0 heterocycles. The van der Waals surface area contributed by atoms with Crippen molar-refractivity contribution in [1.82, 2.24) is 0 Å². The Morgan fingerprint density at radius 2 is 1.75 bits per heavy atom. The number of unbranched alkanes of at least 4 members (excludes halogenated alkanes) is 1. The molecular weight excluding hydrogens is 156 g/mol. The number of rotatable bonds is 4. The second-order valence-corrected chi connectivity index (χ2v) is 2.94. The van der Waals surface area contributed by atoms with E-state index in [1.807, 2.05) is 0 Å². The van der Waals surface area contributed by atoms with E-state index in [9.17, 15) is 0 Å². The van der Waals surface area contributed by atoms with Gasteiger partial charge in [0.15, 0.2) is 0 Å². The van der Waals surface area contributed by atoms with Crippen LogP contribution in [0.2, 0.25) is 0 Å².